The smallest absolute Gasteiger partial charge is 0.0488 e. The molecule has 0 radical (unpaired) electrons. The van der Waals surface area contributed by atoms with Crippen LogP contribution in [0.3, 0.4) is 0 Å². The second-order valence-corrected chi connectivity index (χ2v) is 11.9. The van der Waals surface area contributed by atoms with Crippen molar-refractivity contribution in [1.82, 2.24) is 0 Å². The number of fused-ring (bicyclic) bond motifs is 1. The summed E-state index contributed by atoms with van der Waals surface area (Å²) < 4.78 is 0. The van der Waals surface area contributed by atoms with Crippen LogP contribution < -0.4 is 0 Å². The molecule has 0 amide bonds. The van der Waals surface area contributed by atoms with E-state index in [1.165, 1.54) is 50.1 Å². The van der Waals surface area contributed by atoms with Gasteiger partial charge in [-0.3, -0.25) is 0 Å². The summed E-state index contributed by atoms with van der Waals surface area (Å²) in [6.07, 6.45) is 4.39. The van der Waals surface area contributed by atoms with Crippen LogP contribution in [0.15, 0.2) is 139 Å². The molecule has 0 aliphatic heterocycles. The van der Waals surface area contributed by atoms with Crippen LogP contribution in [0.4, 0.5) is 0 Å². The second-order valence-electron chi connectivity index (χ2n) is 11.9. The molecule has 0 N–H and O–H groups in total. The Hall–Kier alpha value is -4.16. The van der Waals surface area contributed by atoms with E-state index < -0.39 is 0 Å². The predicted octanol–water partition coefficient (Wildman–Crippen LogP) is 10.0. The van der Waals surface area contributed by atoms with Crippen molar-refractivity contribution in [3.63, 3.8) is 0 Å². The van der Waals surface area contributed by atoms with Gasteiger partial charge in [0.25, 0.3) is 0 Å². The van der Waals surface area contributed by atoms with E-state index in [0.29, 0.717) is 0 Å². The van der Waals surface area contributed by atoms with E-state index in [2.05, 4.69) is 160 Å². The zero-order valence-corrected chi connectivity index (χ0v) is 23.2. The molecule has 0 bridgehead atoms. The number of benzene rings is 5. The number of allylic oxidation sites excluding steroid dienone is 1. The Morgan fingerprint density at radius 2 is 1.03 bits per heavy atom. The van der Waals surface area contributed by atoms with E-state index in [4.69, 9.17) is 0 Å². The van der Waals surface area contributed by atoms with Crippen LogP contribution in [-0.4, -0.2) is 0 Å². The van der Waals surface area contributed by atoms with Crippen LogP contribution in [0.1, 0.15) is 60.6 Å². The fourth-order valence-corrected chi connectivity index (χ4v) is 6.27. The zero-order valence-electron chi connectivity index (χ0n) is 23.2. The van der Waals surface area contributed by atoms with Crippen LogP contribution in [0, 0.1) is 0 Å². The van der Waals surface area contributed by atoms with Crippen molar-refractivity contribution in [2.24, 2.45) is 0 Å². The zero-order chi connectivity index (χ0) is 26.9. The molecule has 0 atom stereocenters. The minimum Gasteiger partial charge on any atom is -0.0636 e. The molecular weight excluding hydrogens is 468 g/mol. The highest BCUT2D eigenvalue weighted by atomic mass is 14.4. The highest BCUT2D eigenvalue weighted by Crippen LogP contribution is 2.47. The van der Waals surface area contributed by atoms with Gasteiger partial charge in [-0.1, -0.05) is 166 Å². The first-order valence-electron chi connectivity index (χ1n) is 14.0. The third kappa shape index (κ3) is 4.77. The standard InChI is InChI=1S/C39H36/c1-38(2,3)32-24-22-30(23-25-32)36-21-13-14-31-26-29(27-37(31)36)28-39(33-15-7-4-8-16-33,34-17-9-5-10-18-34)35-19-11-6-12-20-35/h4-25,27H,26,28H2,1-3H3. The maximum absolute atomic E-state index is 2.48. The van der Waals surface area contributed by atoms with E-state index in [9.17, 15) is 0 Å². The Kier molecular flexibility index (Phi) is 6.57. The van der Waals surface area contributed by atoms with Crippen LogP contribution >= 0.6 is 0 Å². The minimum absolute atomic E-state index is 0.153. The van der Waals surface area contributed by atoms with E-state index in [0.717, 1.165) is 12.8 Å². The molecule has 0 saturated carbocycles. The van der Waals surface area contributed by atoms with E-state index in [1.54, 1.807) is 0 Å². The Morgan fingerprint density at radius 3 is 1.51 bits per heavy atom. The maximum Gasteiger partial charge on any atom is 0.0488 e. The third-order valence-corrected chi connectivity index (χ3v) is 8.32. The summed E-state index contributed by atoms with van der Waals surface area (Å²) in [4.78, 5) is 0. The van der Waals surface area contributed by atoms with Gasteiger partial charge < -0.3 is 0 Å². The quantitative estimate of drug-likeness (QED) is 0.202. The summed E-state index contributed by atoms with van der Waals surface area (Å²) in [7, 11) is 0. The molecule has 0 unspecified atom stereocenters. The van der Waals surface area contributed by atoms with Gasteiger partial charge in [-0.2, -0.15) is 0 Å². The maximum atomic E-state index is 2.48. The first-order valence-corrected chi connectivity index (χ1v) is 14.0. The Bertz CT molecular complexity index is 1490. The molecule has 0 fully saturated rings. The molecule has 39 heavy (non-hydrogen) atoms. The molecule has 0 aromatic heterocycles. The van der Waals surface area contributed by atoms with Crippen molar-refractivity contribution in [3.05, 3.63) is 172 Å². The van der Waals surface area contributed by atoms with Crippen molar-refractivity contribution in [1.29, 1.82) is 0 Å². The van der Waals surface area contributed by atoms with E-state index >= 15 is 0 Å². The third-order valence-electron chi connectivity index (χ3n) is 8.32. The SMILES string of the molecule is CC(C)(C)c1ccc(-c2cccc3c2C=C(CC(c2ccccc2)(c2ccccc2)c2ccccc2)C3)cc1. The van der Waals surface area contributed by atoms with Gasteiger partial charge in [-0.25, -0.2) is 0 Å². The van der Waals surface area contributed by atoms with Crippen LogP contribution in [0.25, 0.3) is 17.2 Å². The summed E-state index contributed by atoms with van der Waals surface area (Å²) in [6.45, 7) is 6.82. The summed E-state index contributed by atoms with van der Waals surface area (Å²) in [6, 6.07) is 49.2. The van der Waals surface area contributed by atoms with Crippen molar-refractivity contribution in [2.45, 2.75) is 44.4 Å². The molecular formula is C39H36. The van der Waals surface area contributed by atoms with Gasteiger partial charge in [-0.15, -0.1) is 0 Å². The molecule has 0 heterocycles. The number of hydrogen-bond acceptors (Lipinski definition) is 0. The normalized spacial score (nSPS) is 13.2. The first kappa shape index (κ1) is 25.1. The molecule has 0 spiro atoms. The molecule has 1 aliphatic carbocycles. The largest absolute Gasteiger partial charge is 0.0636 e. The molecule has 5 aromatic rings. The summed E-state index contributed by atoms with van der Waals surface area (Å²) in [5, 5.41) is 0. The summed E-state index contributed by atoms with van der Waals surface area (Å²) >= 11 is 0. The van der Waals surface area contributed by atoms with Crippen LogP contribution in [-0.2, 0) is 17.3 Å². The first-order chi connectivity index (χ1) is 18.9. The summed E-state index contributed by atoms with van der Waals surface area (Å²) in [5.41, 5.74) is 12.1. The van der Waals surface area contributed by atoms with Crippen LogP contribution in [0.5, 0.6) is 0 Å². The van der Waals surface area contributed by atoms with Gasteiger partial charge in [0.1, 0.15) is 0 Å². The van der Waals surface area contributed by atoms with E-state index in [-0.39, 0.29) is 10.8 Å². The molecule has 192 valence electrons. The van der Waals surface area contributed by atoms with E-state index in [1.807, 2.05) is 0 Å². The minimum atomic E-state index is -0.272. The van der Waals surface area contributed by atoms with Gasteiger partial charge >= 0.3 is 0 Å². The molecule has 1 aliphatic rings. The predicted molar refractivity (Wildman–Crippen MR) is 166 cm³/mol. The average Bonchev–Trinajstić information content (AvgIpc) is 3.40. The highest BCUT2D eigenvalue weighted by molar-refractivity contribution is 5.81. The molecule has 6 rings (SSSR count). The van der Waals surface area contributed by atoms with Gasteiger partial charge in [-0.05, 0) is 62.8 Å². The summed E-state index contributed by atoms with van der Waals surface area (Å²) in [5.74, 6) is 0. The molecule has 0 saturated heterocycles. The van der Waals surface area contributed by atoms with Gasteiger partial charge in [0.05, 0.1) is 0 Å². The van der Waals surface area contributed by atoms with Gasteiger partial charge in [0, 0.05) is 5.41 Å². The Morgan fingerprint density at radius 1 is 0.513 bits per heavy atom. The lowest BCUT2D eigenvalue weighted by molar-refractivity contribution is 0.590. The topological polar surface area (TPSA) is 0 Å². The average molecular weight is 505 g/mol. The lowest BCUT2D eigenvalue weighted by atomic mass is 9.66. The Labute approximate surface area is 233 Å². The number of hydrogen-bond donors (Lipinski definition) is 0. The Balaban J connectivity index is 1.46. The highest BCUT2D eigenvalue weighted by Gasteiger charge is 2.37. The number of rotatable bonds is 6. The van der Waals surface area contributed by atoms with Crippen molar-refractivity contribution in [2.75, 3.05) is 0 Å². The lowest BCUT2D eigenvalue weighted by Gasteiger charge is -2.37. The van der Waals surface area contributed by atoms with Crippen molar-refractivity contribution < 1.29 is 0 Å². The fourth-order valence-electron chi connectivity index (χ4n) is 6.27. The van der Waals surface area contributed by atoms with Crippen molar-refractivity contribution in [3.8, 4) is 11.1 Å². The molecule has 5 aromatic carbocycles. The van der Waals surface area contributed by atoms with Gasteiger partial charge in [0.15, 0.2) is 0 Å². The second kappa shape index (κ2) is 10.2. The molecule has 0 heteroatoms. The molecule has 0 nitrogen and oxygen atoms in total. The monoisotopic (exact) mass is 504 g/mol. The van der Waals surface area contributed by atoms with Crippen molar-refractivity contribution >= 4 is 6.08 Å². The fraction of sp³-hybridized carbons (Fsp3) is 0.179. The van der Waals surface area contributed by atoms with Crippen LogP contribution in [0.2, 0.25) is 0 Å². The lowest BCUT2D eigenvalue weighted by Crippen LogP contribution is -2.30. The van der Waals surface area contributed by atoms with Gasteiger partial charge in [0.2, 0.25) is 0 Å².